The number of amides is 1. The van der Waals surface area contributed by atoms with Crippen molar-refractivity contribution < 1.29 is 9.53 Å². The molecular formula is C17H14INO2. The van der Waals surface area contributed by atoms with Crippen LogP contribution < -0.4 is 0 Å². The Bertz CT molecular complexity index is 698. The van der Waals surface area contributed by atoms with E-state index >= 15 is 0 Å². The number of hydrogen-bond acceptors (Lipinski definition) is 2. The van der Waals surface area contributed by atoms with Gasteiger partial charge in [0, 0.05) is 12.6 Å². The van der Waals surface area contributed by atoms with Crippen LogP contribution in [0.3, 0.4) is 0 Å². The molecule has 3 nitrogen and oxygen atoms in total. The minimum Gasteiger partial charge on any atom is -0.361 e. The van der Waals surface area contributed by atoms with Crippen molar-refractivity contribution in [3.63, 3.8) is 0 Å². The number of halogens is 1. The third kappa shape index (κ3) is 1.78. The SMILES string of the molecule is CN1C(=O)C(I)=C(c2ccccc2)C12C=CC1(C=C2)CO1. The van der Waals surface area contributed by atoms with Gasteiger partial charge in [-0.05, 0) is 40.3 Å². The molecule has 1 saturated heterocycles. The van der Waals surface area contributed by atoms with E-state index in [0.29, 0.717) is 0 Å². The molecule has 1 amide bonds. The Morgan fingerprint density at radius 2 is 1.76 bits per heavy atom. The van der Waals surface area contributed by atoms with E-state index in [1.807, 2.05) is 25.2 Å². The van der Waals surface area contributed by atoms with E-state index in [9.17, 15) is 4.79 Å². The second-order valence-corrected chi connectivity index (χ2v) is 6.73. The van der Waals surface area contributed by atoms with E-state index in [0.717, 1.165) is 21.3 Å². The molecule has 2 heterocycles. The zero-order valence-corrected chi connectivity index (χ0v) is 13.7. The van der Waals surface area contributed by atoms with Gasteiger partial charge in [0.2, 0.25) is 0 Å². The van der Waals surface area contributed by atoms with E-state index in [-0.39, 0.29) is 11.5 Å². The van der Waals surface area contributed by atoms with Crippen LogP contribution in [0.2, 0.25) is 0 Å². The average molecular weight is 391 g/mol. The topological polar surface area (TPSA) is 32.8 Å². The minimum absolute atomic E-state index is 0.0661. The normalized spacial score (nSPS) is 33.6. The molecule has 0 bridgehead atoms. The van der Waals surface area contributed by atoms with Crippen LogP contribution in [0.25, 0.3) is 5.57 Å². The molecule has 2 spiro atoms. The summed E-state index contributed by atoms with van der Waals surface area (Å²) >= 11 is 2.16. The van der Waals surface area contributed by atoms with Crippen molar-refractivity contribution in [2.75, 3.05) is 13.7 Å². The molecule has 4 rings (SSSR count). The lowest BCUT2D eigenvalue weighted by Crippen LogP contribution is -2.44. The van der Waals surface area contributed by atoms with Gasteiger partial charge in [0.15, 0.2) is 0 Å². The van der Waals surface area contributed by atoms with Gasteiger partial charge in [0.25, 0.3) is 5.91 Å². The van der Waals surface area contributed by atoms with Gasteiger partial charge in [-0.3, -0.25) is 4.79 Å². The van der Waals surface area contributed by atoms with Crippen LogP contribution in [0.1, 0.15) is 5.56 Å². The average Bonchev–Trinajstić information content (AvgIpc) is 3.25. The fourth-order valence-electron chi connectivity index (χ4n) is 3.04. The molecule has 0 unspecified atom stereocenters. The van der Waals surface area contributed by atoms with Crippen LogP contribution >= 0.6 is 22.6 Å². The van der Waals surface area contributed by atoms with Gasteiger partial charge >= 0.3 is 0 Å². The molecule has 0 aromatic heterocycles. The molecular weight excluding hydrogens is 377 g/mol. The maximum absolute atomic E-state index is 12.5. The Kier molecular flexibility index (Phi) is 2.72. The standard InChI is InChI=1S/C17H14INO2/c1-19-15(20)14(18)13(12-5-3-2-4-6-12)17(19)9-7-16(8-10-17)11-21-16/h2-10H,11H2,1H3. The highest BCUT2D eigenvalue weighted by Crippen LogP contribution is 2.49. The summed E-state index contributed by atoms with van der Waals surface area (Å²) in [6.45, 7) is 0.731. The number of likely N-dealkylation sites (N-methyl/N-ethyl adjacent to an activating group) is 1. The molecule has 0 saturated carbocycles. The molecule has 106 valence electrons. The highest BCUT2D eigenvalue weighted by atomic mass is 127. The first-order valence-electron chi connectivity index (χ1n) is 6.87. The highest BCUT2D eigenvalue weighted by molar-refractivity contribution is 14.1. The van der Waals surface area contributed by atoms with Gasteiger partial charge in [-0.15, -0.1) is 0 Å². The molecule has 0 atom stereocenters. The summed E-state index contributed by atoms with van der Waals surface area (Å²) in [5.41, 5.74) is 1.43. The van der Waals surface area contributed by atoms with Gasteiger partial charge < -0.3 is 9.64 Å². The predicted octanol–water partition coefficient (Wildman–Crippen LogP) is 2.94. The molecule has 1 aliphatic carbocycles. The van der Waals surface area contributed by atoms with Crippen molar-refractivity contribution >= 4 is 34.1 Å². The molecule has 21 heavy (non-hydrogen) atoms. The molecule has 1 aromatic rings. The Hall–Kier alpha value is -1.40. The Morgan fingerprint density at radius 3 is 2.33 bits per heavy atom. The van der Waals surface area contributed by atoms with Crippen molar-refractivity contribution in [3.8, 4) is 0 Å². The molecule has 3 aliphatic rings. The zero-order valence-electron chi connectivity index (χ0n) is 11.5. The highest BCUT2D eigenvalue weighted by Gasteiger charge is 2.51. The lowest BCUT2D eigenvalue weighted by Gasteiger charge is -2.36. The smallest absolute Gasteiger partial charge is 0.261 e. The quantitative estimate of drug-likeness (QED) is 0.419. The summed E-state index contributed by atoms with van der Waals surface area (Å²) < 4.78 is 6.26. The van der Waals surface area contributed by atoms with E-state index in [1.165, 1.54) is 0 Å². The van der Waals surface area contributed by atoms with E-state index in [4.69, 9.17) is 4.74 Å². The predicted molar refractivity (Wildman–Crippen MR) is 89.8 cm³/mol. The summed E-state index contributed by atoms with van der Waals surface area (Å²) in [5.74, 6) is 0.0661. The second kappa shape index (κ2) is 4.30. The Morgan fingerprint density at radius 1 is 1.14 bits per heavy atom. The van der Waals surface area contributed by atoms with Crippen LogP contribution in [0.5, 0.6) is 0 Å². The number of hydrogen-bond donors (Lipinski definition) is 0. The van der Waals surface area contributed by atoms with Crippen molar-refractivity contribution in [2.24, 2.45) is 0 Å². The number of carbonyl (C=O) groups excluding carboxylic acids is 1. The summed E-state index contributed by atoms with van der Waals surface area (Å²) in [6.07, 6.45) is 8.36. The van der Waals surface area contributed by atoms with Crippen LogP contribution in [0.15, 0.2) is 58.2 Å². The minimum atomic E-state index is -0.494. The third-order valence-corrected chi connectivity index (χ3v) is 5.45. The Labute approximate surface area is 137 Å². The number of rotatable bonds is 1. The van der Waals surface area contributed by atoms with Gasteiger partial charge in [-0.2, -0.15) is 0 Å². The van der Waals surface area contributed by atoms with Gasteiger partial charge in [-0.1, -0.05) is 42.5 Å². The number of ether oxygens (including phenoxy) is 1. The maximum Gasteiger partial charge on any atom is 0.261 e. The number of carbonyl (C=O) groups is 1. The lowest BCUT2D eigenvalue weighted by molar-refractivity contribution is -0.125. The van der Waals surface area contributed by atoms with Crippen LogP contribution in [-0.4, -0.2) is 35.6 Å². The lowest BCUT2D eigenvalue weighted by atomic mass is 9.81. The first-order chi connectivity index (χ1) is 10.1. The van der Waals surface area contributed by atoms with Crippen molar-refractivity contribution in [1.82, 2.24) is 4.90 Å². The first-order valence-corrected chi connectivity index (χ1v) is 7.94. The number of nitrogens with zero attached hydrogens (tertiary/aromatic N) is 1. The van der Waals surface area contributed by atoms with Crippen LogP contribution in [0.4, 0.5) is 0 Å². The largest absolute Gasteiger partial charge is 0.361 e. The van der Waals surface area contributed by atoms with Crippen molar-refractivity contribution in [3.05, 3.63) is 63.8 Å². The fourth-order valence-corrected chi connectivity index (χ4v) is 4.15. The summed E-state index contributed by atoms with van der Waals surface area (Å²) in [5, 5.41) is 0. The van der Waals surface area contributed by atoms with Gasteiger partial charge in [0.05, 0.1) is 10.2 Å². The Balaban J connectivity index is 1.89. The number of epoxide rings is 1. The first kappa shape index (κ1) is 13.3. The summed E-state index contributed by atoms with van der Waals surface area (Å²) in [7, 11) is 1.86. The van der Waals surface area contributed by atoms with Gasteiger partial charge in [-0.25, -0.2) is 0 Å². The van der Waals surface area contributed by atoms with Crippen molar-refractivity contribution in [2.45, 2.75) is 11.1 Å². The molecule has 2 aliphatic heterocycles. The zero-order chi connectivity index (χ0) is 14.7. The molecule has 1 fully saturated rings. The van der Waals surface area contributed by atoms with E-state index in [2.05, 4.69) is 59.0 Å². The van der Waals surface area contributed by atoms with Crippen LogP contribution in [0, 0.1) is 0 Å². The van der Waals surface area contributed by atoms with Gasteiger partial charge in [0.1, 0.15) is 11.1 Å². The van der Waals surface area contributed by atoms with E-state index in [1.54, 1.807) is 4.90 Å². The maximum atomic E-state index is 12.5. The summed E-state index contributed by atoms with van der Waals surface area (Å²) in [6, 6.07) is 10.1. The molecule has 1 aromatic carbocycles. The van der Waals surface area contributed by atoms with Crippen molar-refractivity contribution in [1.29, 1.82) is 0 Å². The van der Waals surface area contributed by atoms with E-state index < -0.39 is 5.54 Å². The number of benzene rings is 1. The molecule has 0 N–H and O–H groups in total. The molecule has 4 heteroatoms. The third-order valence-electron chi connectivity index (χ3n) is 4.45. The monoisotopic (exact) mass is 391 g/mol. The fraction of sp³-hybridized carbons (Fsp3) is 0.235. The second-order valence-electron chi connectivity index (χ2n) is 5.65. The van der Waals surface area contributed by atoms with Crippen LogP contribution in [-0.2, 0) is 9.53 Å². The summed E-state index contributed by atoms with van der Waals surface area (Å²) in [4.78, 5) is 14.3. The molecule has 0 radical (unpaired) electrons.